The first-order valence-electron chi connectivity index (χ1n) is 13.2. The number of benzene rings is 3. The molecule has 0 unspecified atom stereocenters. The van der Waals surface area contributed by atoms with Crippen molar-refractivity contribution < 1.29 is 23.6 Å². The minimum Gasteiger partial charge on any atom is -0.366 e. The summed E-state index contributed by atoms with van der Waals surface area (Å²) in [5, 5.41) is 10.1. The summed E-state index contributed by atoms with van der Waals surface area (Å²) >= 11 is 5.81. The minimum absolute atomic E-state index is 0.0224. The molecule has 0 aliphatic carbocycles. The molecule has 0 radical (unpaired) electrons. The number of hydrogen-bond acceptors (Lipinski definition) is 5. The lowest BCUT2D eigenvalue weighted by atomic mass is 10.1. The van der Waals surface area contributed by atoms with Crippen LogP contribution in [0.25, 0.3) is 10.9 Å². The van der Waals surface area contributed by atoms with Gasteiger partial charge in [-0.15, -0.1) is 0 Å². The van der Waals surface area contributed by atoms with Crippen molar-refractivity contribution in [2.75, 3.05) is 6.54 Å². The minimum atomic E-state index is -0.675. The Labute approximate surface area is 246 Å². The van der Waals surface area contributed by atoms with Gasteiger partial charge >= 0.3 is 0 Å². The molecule has 218 valence electrons. The summed E-state index contributed by atoms with van der Waals surface area (Å²) in [5.74, 6) is -2.72. The summed E-state index contributed by atoms with van der Waals surface area (Å²) in [5.41, 5.74) is 7.19. The number of hydrogen-bond donors (Lipinski definition) is 3. The van der Waals surface area contributed by atoms with Crippen LogP contribution < -0.4 is 16.4 Å². The molecule has 0 atom stereocenters. The van der Waals surface area contributed by atoms with Crippen molar-refractivity contribution in [3.8, 4) is 0 Å². The van der Waals surface area contributed by atoms with Crippen LogP contribution in [0, 0.1) is 5.82 Å². The fourth-order valence-corrected chi connectivity index (χ4v) is 4.54. The monoisotopic (exact) mass is 592 g/mol. The predicted molar refractivity (Wildman–Crippen MR) is 156 cm³/mol. The van der Waals surface area contributed by atoms with E-state index in [2.05, 4.69) is 15.7 Å². The maximum Gasteiger partial charge on any atom is 0.272 e. The second-order valence-electron chi connectivity index (χ2n) is 9.88. The molecule has 42 heavy (non-hydrogen) atoms. The van der Waals surface area contributed by atoms with E-state index in [-0.39, 0.29) is 54.1 Å². The lowest BCUT2D eigenvalue weighted by Crippen LogP contribution is -2.45. The third kappa shape index (κ3) is 7.10. The number of fused-ring (bicyclic) bond motifs is 1. The molecule has 4 aromatic rings. The summed E-state index contributed by atoms with van der Waals surface area (Å²) in [4.78, 5) is 52.4. The number of nitrogens with two attached hydrogens (primary N) is 1. The highest BCUT2D eigenvalue weighted by Crippen LogP contribution is 2.22. The number of carbonyl (C=O) groups is 4. The SMILES string of the molecule is CC(C)N(CC(=O)NCc1cccc(Cl)c1F)C(=O)Cn1nc(C(=O)NCc2ccccc2)c2cc(C(N)=O)ccc21. The zero-order valence-electron chi connectivity index (χ0n) is 23.1. The molecule has 3 aromatic carbocycles. The number of nitrogens with one attached hydrogen (secondary N) is 2. The molecule has 0 spiro atoms. The third-order valence-electron chi connectivity index (χ3n) is 6.60. The fraction of sp³-hybridized carbons (Fsp3) is 0.233. The van der Waals surface area contributed by atoms with E-state index in [0.29, 0.717) is 10.9 Å². The summed E-state index contributed by atoms with van der Waals surface area (Å²) in [6, 6.07) is 18.0. The van der Waals surface area contributed by atoms with E-state index in [9.17, 15) is 23.6 Å². The molecule has 0 aliphatic rings. The highest BCUT2D eigenvalue weighted by molar-refractivity contribution is 6.30. The quantitative estimate of drug-likeness (QED) is 0.245. The van der Waals surface area contributed by atoms with Crippen molar-refractivity contribution in [2.24, 2.45) is 5.73 Å². The molecule has 0 bridgehead atoms. The van der Waals surface area contributed by atoms with Crippen LogP contribution in [-0.2, 0) is 29.2 Å². The summed E-state index contributed by atoms with van der Waals surface area (Å²) in [6.45, 7) is 3.09. The van der Waals surface area contributed by atoms with Gasteiger partial charge in [-0.25, -0.2) is 4.39 Å². The highest BCUT2D eigenvalue weighted by atomic mass is 35.5. The molecule has 1 aromatic heterocycles. The Hall–Kier alpha value is -4.77. The molecule has 0 aliphatic heterocycles. The standard InChI is InChI=1S/C30H30ClFN6O4/c1-18(2)37(16-25(39)34-15-21-9-6-10-23(31)27(21)32)26(40)17-38-24-12-11-20(29(33)41)13-22(24)28(36-38)30(42)35-14-19-7-4-3-5-8-19/h3-13,18H,14-17H2,1-2H3,(H2,33,41)(H,34,39)(H,35,42). The molecule has 4 amide bonds. The normalized spacial score (nSPS) is 11.0. The van der Waals surface area contributed by atoms with E-state index < -0.39 is 29.4 Å². The molecule has 4 N–H and O–H groups in total. The number of amides is 4. The largest absolute Gasteiger partial charge is 0.366 e. The molecule has 10 nitrogen and oxygen atoms in total. The molecule has 4 rings (SSSR count). The zero-order valence-corrected chi connectivity index (χ0v) is 23.8. The average Bonchev–Trinajstić information content (AvgIpc) is 3.33. The number of rotatable bonds is 11. The lowest BCUT2D eigenvalue weighted by molar-refractivity contribution is -0.138. The van der Waals surface area contributed by atoms with Crippen molar-refractivity contribution >= 4 is 46.1 Å². The van der Waals surface area contributed by atoms with Gasteiger partial charge in [0.2, 0.25) is 17.7 Å². The number of carbonyl (C=O) groups excluding carboxylic acids is 4. The maximum atomic E-state index is 14.2. The number of nitrogens with zero attached hydrogens (tertiary/aromatic N) is 3. The fourth-order valence-electron chi connectivity index (χ4n) is 4.35. The van der Waals surface area contributed by atoms with Gasteiger partial charge in [0.1, 0.15) is 12.4 Å². The van der Waals surface area contributed by atoms with Gasteiger partial charge in [0.15, 0.2) is 5.69 Å². The van der Waals surface area contributed by atoms with Gasteiger partial charge < -0.3 is 21.3 Å². The first-order chi connectivity index (χ1) is 20.0. The van der Waals surface area contributed by atoms with Crippen LogP contribution in [-0.4, -0.2) is 50.9 Å². The van der Waals surface area contributed by atoms with Gasteiger partial charge in [-0.2, -0.15) is 5.10 Å². The number of halogens is 2. The van der Waals surface area contributed by atoms with Crippen LogP contribution in [0.15, 0.2) is 66.7 Å². The predicted octanol–water partition coefficient (Wildman–Crippen LogP) is 3.41. The second kappa shape index (κ2) is 13.3. The van der Waals surface area contributed by atoms with Gasteiger partial charge in [-0.05, 0) is 43.7 Å². The summed E-state index contributed by atoms with van der Waals surface area (Å²) in [6.07, 6.45) is 0. The van der Waals surface area contributed by atoms with Crippen molar-refractivity contribution in [3.05, 3.63) is 100.0 Å². The van der Waals surface area contributed by atoms with Crippen molar-refractivity contribution in [2.45, 2.75) is 39.5 Å². The molecule has 12 heteroatoms. The van der Waals surface area contributed by atoms with E-state index in [0.717, 1.165) is 5.56 Å². The third-order valence-corrected chi connectivity index (χ3v) is 6.89. The van der Waals surface area contributed by atoms with Gasteiger partial charge in [-0.3, -0.25) is 23.9 Å². The van der Waals surface area contributed by atoms with E-state index >= 15 is 0 Å². The van der Waals surface area contributed by atoms with E-state index in [1.165, 1.54) is 33.8 Å². The van der Waals surface area contributed by atoms with Crippen molar-refractivity contribution in [1.82, 2.24) is 25.3 Å². The summed E-state index contributed by atoms with van der Waals surface area (Å²) in [7, 11) is 0. The Morgan fingerprint density at radius 2 is 1.74 bits per heavy atom. The van der Waals surface area contributed by atoms with Crippen LogP contribution >= 0.6 is 11.6 Å². The smallest absolute Gasteiger partial charge is 0.272 e. The zero-order chi connectivity index (χ0) is 30.4. The highest BCUT2D eigenvalue weighted by Gasteiger charge is 2.24. The molecular formula is C30H30ClFN6O4. The average molecular weight is 593 g/mol. The van der Waals surface area contributed by atoms with Crippen LogP contribution in [0.4, 0.5) is 4.39 Å². The summed E-state index contributed by atoms with van der Waals surface area (Å²) < 4.78 is 15.5. The lowest BCUT2D eigenvalue weighted by Gasteiger charge is -2.26. The van der Waals surface area contributed by atoms with Crippen LogP contribution in [0.1, 0.15) is 45.8 Å². The van der Waals surface area contributed by atoms with Gasteiger partial charge in [-0.1, -0.05) is 54.1 Å². The number of primary amides is 1. The molecule has 0 saturated heterocycles. The molecule has 1 heterocycles. The Balaban J connectivity index is 1.52. The Morgan fingerprint density at radius 1 is 1.00 bits per heavy atom. The van der Waals surface area contributed by atoms with Crippen LogP contribution in [0.3, 0.4) is 0 Å². The van der Waals surface area contributed by atoms with E-state index in [4.69, 9.17) is 17.3 Å². The van der Waals surface area contributed by atoms with Gasteiger partial charge in [0, 0.05) is 35.6 Å². The van der Waals surface area contributed by atoms with E-state index in [1.54, 1.807) is 26.0 Å². The molecule has 0 saturated carbocycles. The van der Waals surface area contributed by atoms with Crippen LogP contribution in [0.5, 0.6) is 0 Å². The Kier molecular flexibility index (Phi) is 9.53. The Morgan fingerprint density at radius 3 is 2.43 bits per heavy atom. The Bertz CT molecular complexity index is 1640. The second-order valence-corrected chi connectivity index (χ2v) is 10.3. The first-order valence-corrected chi connectivity index (χ1v) is 13.5. The molecule has 0 fully saturated rings. The first kappa shape index (κ1) is 30.2. The topological polar surface area (TPSA) is 139 Å². The van der Waals surface area contributed by atoms with Gasteiger partial charge in [0.25, 0.3) is 5.91 Å². The van der Waals surface area contributed by atoms with E-state index in [1.807, 2.05) is 30.3 Å². The van der Waals surface area contributed by atoms with Crippen molar-refractivity contribution in [1.29, 1.82) is 0 Å². The van der Waals surface area contributed by atoms with Crippen molar-refractivity contribution in [3.63, 3.8) is 0 Å². The number of aromatic nitrogens is 2. The van der Waals surface area contributed by atoms with Crippen LogP contribution in [0.2, 0.25) is 5.02 Å². The van der Waals surface area contributed by atoms with Gasteiger partial charge in [0.05, 0.1) is 17.1 Å². The molecular weight excluding hydrogens is 563 g/mol. The maximum absolute atomic E-state index is 14.2.